The minimum absolute atomic E-state index is 0.184. The molecule has 0 bridgehead atoms. The monoisotopic (exact) mass is 202 g/mol. The van der Waals surface area contributed by atoms with Crippen molar-refractivity contribution < 1.29 is 13.2 Å². The van der Waals surface area contributed by atoms with Gasteiger partial charge in [-0.2, -0.15) is 0 Å². The lowest BCUT2D eigenvalue weighted by Gasteiger charge is -2.01. The van der Waals surface area contributed by atoms with Gasteiger partial charge in [0.15, 0.2) is 5.75 Å². The largest absolute Gasteiger partial charge is 0.491 e. The summed E-state index contributed by atoms with van der Waals surface area (Å²) in [4.78, 5) is 7.29. The van der Waals surface area contributed by atoms with Crippen molar-refractivity contribution in [1.29, 1.82) is 0 Å². The van der Waals surface area contributed by atoms with Crippen molar-refractivity contribution >= 4 is 9.84 Å². The lowest BCUT2D eigenvalue weighted by atomic mass is 10.6. The van der Waals surface area contributed by atoms with E-state index < -0.39 is 9.84 Å². The van der Waals surface area contributed by atoms with Crippen LogP contribution in [0.1, 0.15) is 6.92 Å². The Morgan fingerprint density at radius 1 is 1.38 bits per heavy atom. The molecule has 0 aliphatic heterocycles. The first-order chi connectivity index (χ1) is 6.04. The number of ether oxygens (including phenoxy) is 1. The van der Waals surface area contributed by atoms with E-state index in [9.17, 15) is 8.42 Å². The van der Waals surface area contributed by atoms with Crippen LogP contribution in [-0.4, -0.2) is 31.2 Å². The Kier molecular flexibility index (Phi) is 2.82. The van der Waals surface area contributed by atoms with Gasteiger partial charge in [0.25, 0.3) is 0 Å². The average molecular weight is 202 g/mol. The van der Waals surface area contributed by atoms with Crippen LogP contribution >= 0.6 is 0 Å². The fourth-order valence-electron chi connectivity index (χ4n) is 0.737. The molecule has 0 atom stereocenters. The molecule has 0 spiro atoms. The molecule has 5 nitrogen and oxygen atoms in total. The van der Waals surface area contributed by atoms with Crippen molar-refractivity contribution in [3.05, 3.63) is 12.4 Å². The molecule has 1 rings (SSSR count). The molecule has 0 saturated heterocycles. The predicted molar refractivity (Wildman–Crippen MR) is 46.3 cm³/mol. The van der Waals surface area contributed by atoms with E-state index in [1.807, 2.05) is 6.92 Å². The van der Waals surface area contributed by atoms with Crippen LogP contribution in [0, 0.1) is 0 Å². The molecular formula is C7H10N2O3S. The Morgan fingerprint density at radius 3 is 2.31 bits per heavy atom. The molecule has 0 radical (unpaired) electrons. The van der Waals surface area contributed by atoms with Crippen LogP contribution in [0.5, 0.6) is 5.75 Å². The molecule has 6 heteroatoms. The lowest BCUT2D eigenvalue weighted by Crippen LogP contribution is -2.04. The minimum Gasteiger partial charge on any atom is -0.491 e. The van der Waals surface area contributed by atoms with Crippen LogP contribution < -0.4 is 4.74 Å². The highest BCUT2D eigenvalue weighted by Gasteiger charge is 2.09. The summed E-state index contributed by atoms with van der Waals surface area (Å²) in [6, 6.07) is 0. The van der Waals surface area contributed by atoms with Gasteiger partial charge < -0.3 is 4.74 Å². The quantitative estimate of drug-likeness (QED) is 0.658. The molecule has 0 fully saturated rings. The zero-order chi connectivity index (χ0) is 9.90. The molecule has 0 saturated carbocycles. The summed E-state index contributed by atoms with van der Waals surface area (Å²) in [7, 11) is -3.31. The Labute approximate surface area is 76.7 Å². The van der Waals surface area contributed by atoms with Crippen LogP contribution in [0.4, 0.5) is 0 Å². The Bertz CT molecular complexity index is 371. The van der Waals surface area contributed by atoms with Crippen LogP contribution in [0.15, 0.2) is 17.6 Å². The SMILES string of the molecule is CCOc1cnc(S(C)(=O)=O)nc1. The molecule has 0 aliphatic carbocycles. The number of aromatic nitrogens is 2. The fourth-order valence-corrected chi connectivity index (χ4v) is 1.23. The van der Waals surface area contributed by atoms with E-state index in [0.717, 1.165) is 6.26 Å². The molecule has 0 amide bonds. The first kappa shape index (κ1) is 9.91. The third-order valence-corrected chi connectivity index (χ3v) is 2.12. The van der Waals surface area contributed by atoms with Gasteiger partial charge in [-0.15, -0.1) is 0 Å². The second-order valence-electron chi connectivity index (χ2n) is 2.41. The van der Waals surface area contributed by atoms with Gasteiger partial charge in [-0.05, 0) is 6.92 Å². The maximum atomic E-state index is 10.9. The van der Waals surface area contributed by atoms with Gasteiger partial charge in [0.1, 0.15) is 0 Å². The summed E-state index contributed by atoms with van der Waals surface area (Å²) < 4.78 is 26.9. The van der Waals surface area contributed by atoms with Crippen molar-refractivity contribution in [1.82, 2.24) is 9.97 Å². The first-order valence-corrected chi connectivity index (χ1v) is 5.58. The number of sulfone groups is 1. The minimum atomic E-state index is -3.31. The highest BCUT2D eigenvalue weighted by molar-refractivity contribution is 7.90. The van der Waals surface area contributed by atoms with E-state index in [1.165, 1.54) is 12.4 Å². The second-order valence-corrected chi connectivity index (χ2v) is 4.32. The molecule has 1 heterocycles. The zero-order valence-electron chi connectivity index (χ0n) is 7.39. The lowest BCUT2D eigenvalue weighted by molar-refractivity contribution is 0.336. The molecule has 1 aromatic rings. The van der Waals surface area contributed by atoms with E-state index in [2.05, 4.69) is 9.97 Å². The van der Waals surface area contributed by atoms with E-state index in [0.29, 0.717) is 12.4 Å². The number of nitrogens with zero attached hydrogens (tertiary/aromatic N) is 2. The standard InChI is InChI=1S/C7H10N2O3S/c1-3-12-6-4-8-7(9-5-6)13(2,10)11/h4-5H,3H2,1-2H3. The smallest absolute Gasteiger partial charge is 0.246 e. The van der Waals surface area contributed by atoms with Crippen molar-refractivity contribution in [2.24, 2.45) is 0 Å². The highest BCUT2D eigenvalue weighted by Crippen LogP contribution is 2.08. The molecule has 0 N–H and O–H groups in total. The van der Waals surface area contributed by atoms with Crippen molar-refractivity contribution in [2.45, 2.75) is 12.1 Å². The van der Waals surface area contributed by atoms with Gasteiger partial charge in [-0.1, -0.05) is 0 Å². The predicted octanol–water partition coefficient (Wildman–Crippen LogP) is 0.279. The summed E-state index contributed by atoms with van der Waals surface area (Å²) in [6.45, 7) is 2.33. The number of rotatable bonds is 3. The van der Waals surface area contributed by atoms with Gasteiger partial charge in [-0.25, -0.2) is 18.4 Å². The van der Waals surface area contributed by atoms with E-state index in [1.54, 1.807) is 0 Å². The number of hydrogen-bond donors (Lipinski definition) is 0. The topological polar surface area (TPSA) is 69.2 Å². The Morgan fingerprint density at radius 2 is 1.92 bits per heavy atom. The molecule has 13 heavy (non-hydrogen) atoms. The maximum absolute atomic E-state index is 10.9. The fraction of sp³-hybridized carbons (Fsp3) is 0.429. The third-order valence-electron chi connectivity index (χ3n) is 1.25. The van der Waals surface area contributed by atoms with Crippen LogP contribution in [0.25, 0.3) is 0 Å². The Balaban J connectivity index is 2.94. The summed E-state index contributed by atoms with van der Waals surface area (Å²) in [6.07, 6.45) is 3.74. The molecule has 0 unspecified atom stereocenters. The second kappa shape index (κ2) is 3.69. The molecular weight excluding hydrogens is 192 g/mol. The van der Waals surface area contributed by atoms with E-state index in [-0.39, 0.29) is 5.16 Å². The van der Waals surface area contributed by atoms with Crippen molar-refractivity contribution in [3.63, 3.8) is 0 Å². The van der Waals surface area contributed by atoms with E-state index in [4.69, 9.17) is 4.74 Å². The van der Waals surface area contributed by atoms with Crippen LogP contribution in [0.2, 0.25) is 0 Å². The van der Waals surface area contributed by atoms with Gasteiger partial charge in [0, 0.05) is 6.26 Å². The van der Waals surface area contributed by atoms with Gasteiger partial charge in [0.05, 0.1) is 19.0 Å². The average Bonchev–Trinajstić information content (AvgIpc) is 2.04. The molecule has 0 aliphatic rings. The summed E-state index contributed by atoms with van der Waals surface area (Å²) in [5.74, 6) is 0.468. The van der Waals surface area contributed by atoms with Crippen molar-refractivity contribution in [2.75, 3.05) is 12.9 Å². The van der Waals surface area contributed by atoms with Crippen molar-refractivity contribution in [3.8, 4) is 5.75 Å². The van der Waals surface area contributed by atoms with Crippen LogP contribution in [0.3, 0.4) is 0 Å². The van der Waals surface area contributed by atoms with Crippen LogP contribution in [-0.2, 0) is 9.84 Å². The summed E-state index contributed by atoms with van der Waals surface area (Å²) in [5.41, 5.74) is 0. The summed E-state index contributed by atoms with van der Waals surface area (Å²) >= 11 is 0. The first-order valence-electron chi connectivity index (χ1n) is 3.69. The van der Waals surface area contributed by atoms with Gasteiger partial charge in [-0.3, -0.25) is 0 Å². The normalized spacial score (nSPS) is 11.2. The van der Waals surface area contributed by atoms with Gasteiger partial charge in [0.2, 0.25) is 15.0 Å². The highest BCUT2D eigenvalue weighted by atomic mass is 32.2. The number of hydrogen-bond acceptors (Lipinski definition) is 5. The molecule has 1 aromatic heterocycles. The summed E-state index contributed by atoms with van der Waals surface area (Å²) in [5, 5.41) is -0.184. The molecule has 0 aromatic carbocycles. The van der Waals surface area contributed by atoms with Gasteiger partial charge >= 0.3 is 0 Å². The van der Waals surface area contributed by atoms with E-state index >= 15 is 0 Å². The molecule has 72 valence electrons. The third kappa shape index (κ3) is 2.66. The Hall–Kier alpha value is -1.17. The zero-order valence-corrected chi connectivity index (χ0v) is 8.21. The maximum Gasteiger partial charge on any atom is 0.246 e.